The largest absolute Gasteiger partial charge is 0.381 e. The quantitative estimate of drug-likeness (QED) is 0.777. The molecule has 3 rings (SSSR count). The molecule has 106 valence electrons. The van der Waals surface area contributed by atoms with Crippen molar-refractivity contribution in [3.63, 3.8) is 0 Å². The van der Waals surface area contributed by atoms with Gasteiger partial charge in [-0.15, -0.1) is 5.10 Å². The van der Waals surface area contributed by atoms with E-state index in [9.17, 15) is 0 Å². The first-order valence-corrected chi connectivity index (χ1v) is 7.13. The Morgan fingerprint density at radius 1 is 1.05 bits per heavy atom. The van der Waals surface area contributed by atoms with Crippen molar-refractivity contribution in [2.24, 2.45) is 0 Å². The van der Waals surface area contributed by atoms with Crippen LogP contribution in [0.1, 0.15) is 18.1 Å². The van der Waals surface area contributed by atoms with Crippen LogP contribution in [0.2, 0.25) is 0 Å². The molecular formula is C17H18N4. The van der Waals surface area contributed by atoms with E-state index in [0.29, 0.717) is 0 Å². The van der Waals surface area contributed by atoms with Crippen LogP contribution < -0.4 is 5.32 Å². The number of hydrogen-bond acceptors (Lipinski definition) is 3. The zero-order valence-electron chi connectivity index (χ0n) is 12.0. The average molecular weight is 278 g/mol. The second-order valence-corrected chi connectivity index (χ2v) is 4.92. The summed E-state index contributed by atoms with van der Waals surface area (Å²) in [6.07, 6.45) is 4.59. The minimum absolute atomic E-state index is 0.810. The molecule has 4 heteroatoms. The van der Waals surface area contributed by atoms with Gasteiger partial charge in [0.1, 0.15) is 0 Å². The van der Waals surface area contributed by atoms with E-state index >= 15 is 0 Å². The summed E-state index contributed by atoms with van der Waals surface area (Å²) >= 11 is 0. The zero-order valence-corrected chi connectivity index (χ0v) is 12.0. The molecule has 0 aliphatic carbocycles. The maximum Gasteiger partial charge on any atom is 0.0697 e. The molecule has 0 saturated heterocycles. The molecule has 0 fully saturated rings. The molecule has 21 heavy (non-hydrogen) atoms. The standard InChI is InChI=1S/C17H18N4/c1-2-14-6-8-15(9-7-14)13-18-16-4-3-5-17(12-16)21-11-10-19-20-21/h3-12,18H,2,13H2,1H3. The summed E-state index contributed by atoms with van der Waals surface area (Å²) in [4.78, 5) is 0. The fourth-order valence-electron chi connectivity index (χ4n) is 2.20. The highest BCUT2D eigenvalue weighted by atomic mass is 15.4. The number of hydrogen-bond donors (Lipinski definition) is 1. The van der Waals surface area contributed by atoms with Gasteiger partial charge in [0.25, 0.3) is 0 Å². The van der Waals surface area contributed by atoms with Gasteiger partial charge in [-0.25, -0.2) is 4.68 Å². The fourth-order valence-corrected chi connectivity index (χ4v) is 2.20. The summed E-state index contributed by atoms with van der Waals surface area (Å²) in [6, 6.07) is 16.9. The molecule has 4 nitrogen and oxygen atoms in total. The Labute approximate surface area is 124 Å². The van der Waals surface area contributed by atoms with Crippen LogP contribution in [0.4, 0.5) is 5.69 Å². The Morgan fingerprint density at radius 3 is 2.57 bits per heavy atom. The molecule has 0 aliphatic heterocycles. The lowest BCUT2D eigenvalue weighted by molar-refractivity contribution is 0.803. The molecule has 0 spiro atoms. The van der Waals surface area contributed by atoms with Crippen LogP contribution in [-0.4, -0.2) is 15.0 Å². The molecule has 1 aromatic heterocycles. The second-order valence-electron chi connectivity index (χ2n) is 4.92. The molecule has 0 atom stereocenters. The second kappa shape index (κ2) is 6.22. The van der Waals surface area contributed by atoms with Crippen LogP contribution in [0.5, 0.6) is 0 Å². The number of aryl methyl sites for hydroxylation is 1. The van der Waals surface area contributed by atoms with Crippen LogP contribution in [0.15, 0.2) is 60.9 Å². The van der Waals surface area contributed by atoms with Gasteiger partial charge in [-0.1, -0.05) is 42.5 Å². The third-order valence-electron chi connectivity index (χ3n) is 3.46. The van der Waals surface area contributed by atoms with Gasteiger partial charge in [-0.2, -0.15) is 0 Å². The summed E-state index contributed by atoms with van der Waals surface area (Å²) in [5.41, 5.74) is 4.71. The maximum atomic E-state index is 4.00. The molecule has 3 aromatic rings. The normalized spacial score (nSPS) is 10.5. The lowest BCUT2D eigenvalue weighted by Crippen LogP contribution is -2.01. The van der Waals surface area contributed by atoms with Gasteiger partial charge in [0.05, 0.1) is 18.1 Å². The highest BCUT2D eigenvalue weighted by molar-refractivity contribution is 5.51. The first-order chi connectivity index (χ1) is 10.3. The van der Waals surface area contributed by atoms with Crippen molar-refractivity contribution < 1.29 is 0 Å². The number of benzene rings is 2. The van der Waals surface area contributed by atoms with Crippen molar-refractivity contribution in [2.45, 2.75) is 19.9 Å². The van der Waals surface area contributed by atoms with E-state index in [1.54, 1.807) is 10.9 Å². The van der Waals surface area contributed by atoms with Gasteiger partial charge >= 0.3 is 0 Å². The number of nitrogens with one attached hydrogen (secondary N) is 1. The molecule has 1 N–H and O–H groups in total. The topological polar surface area (TPSA) is 42.7 Å². The van der Waals surface area contributed by atoms with Crippen LogP contribution in [-0.2, 0) is 13.0 Å². The van der Waals surface area contributed by atoms with Crippen molar-refractivity contribution in [3.05, 3.63) is 72.1 Å². The third-order valence-corrected chi connectivity index (χ3v) is 3.46. The predicted octanol–water partition coefficient (Wildman–Crippen LogP) is 3.44. The van der Waals surface area contributed by atoms with Gasteiger partial charge in [-0.05, 0) is 35.7 Å². The smallest absolute Gasteiger partial charge is 0.0697 e. The maximum absolute atomic E-state index is 4.00. The molecule has 1 heterocycles. The van der Waals surface area contributed by atoms with Crippen molar-refractivity contribution in [3.8, 4) is 5.69 Å². The van der Waals surface area contributed by atoms with E-state index in [-0.39, 0.29) is 0 Å². The third kappa shape index (κ3) is 3.28. The SMILES string of the molecule is CCc1ccc(CNc2cccc(-n3ccnn3)c2)cc1. The van der Waals surface area contributed by atoms with Gasteiger partial charge < -0.3 is 5.32 Å². The Bertz CT molecular complexity index is 687. The number of nitrogens with zero attached hydrogens (tertiary/aromatic N) is 3. The fraction of sp³-hybridized carbons (Fsp3) is 0.176. The molecular weight excluding hydrogens is 260 g/mol. The van der Waals surface area contributed by atoms with Crippen LogP contribution in [0.25, 0.3) is 5.69 Å². The molecule has 0 aliphatic rings. The van der Waals surface area contributed by atoms with E-state index in [0.717, 1.165) is 24.3 Å². The first-order valence-electron chi connectivity index (χ1n) is 7.13. The Kier molecular flexibility index (Phi) is 3.96. The van der Waals surface area contributed by atoms with Crippen molar-refractivity contribution in [1.82, 2.24) is 15.0 Å². The van der Waals surface area contributed by atoms with Crippen molar-refractivity contribution in [2.75, 3.05) is 5.32 Å². The number of rotatable bonds is 5. The molecule has 0 saturated carbocycles. The van der Waals surface area contributed by atoms with E-state index < -0.39 is 0 Å². The molecule has 0 radical (unpaired) electrons. The minimum atomic E-state index is 0.810. The van der Waals surface area contributed by atoms with E-state index in [4.69, 9.17) is 0 Å². The van der Waals surface area contributed by atoms with E-state index in [1.807, 2.05) is 18.3 Å². The lowest BCUT2D eigenvalue weighted by Gasteiger charge is -2.09. The number of anilines is 1. The van der Waals surface area contributed by atoms with Crippen molar-refractivity contribution in [1.29, 1.82) is 0 Å². The first kappa shape index (κ1) is 13.4. The van der Waals surface area contributed by atoms with Crippen molar-refractivity contribution >= 4 is 5.69 Å². The van der Waals surface area contributed by atoms with Gasteiger partial charge in [0.2, 0.25) is 0 Å². The Balaban J connectivity index is 1.68. The van der Waals surface area contributed by atoms with Crippen LogP contribution >= 0.6 is 0 Å². The summed E-state index contributed by atoms with van der Waals surface area (Å²) in [5, 5.41) is 11.3. The average Bonchev–Trinajstić information content (AvgIpc) is 3.08. The predicted molar refractivity (Wildman–Crippen MR) is 84.5 cm³/mol. The summed E-state index contributed by atoms with van der Waals surface area (Å²) in [5.74, 6) is 0. The van der Waals surface area contributed by atoms with E-state index in [1.165, 1.54) is 11.1 Å². The summed E-state index contributed by atoms with van der Waals surface area (Å²) in [6.45, 7) is 2.98. The summed E-state index contributed by atoms with van der Waals surface area (Å²) in [7, 11) is 0. The van der Waals surface area contributed by atoms with Gasteiger partial charge in [0.15, 0.2) is 0 Å². The molecule has 0 bridgehead atoms. The molecule has 2 aromatic carbocycles. The molecule has 0 amide bonds. The summed E-state index contributed by atoms with van der Waals surface area (Å²) < 4.78 is 1.75. The Morgan fingerprint density at radius 2 is 1.86 bits per heavy atom. The zero-order chi connectivity index (χ0) is 14.5. The van der Waals surface area contributed by atoms with E-state index in [2.05, 4.69) is 59.0 Å². The highest BCUT2D eigenvalue weighted by Gasteiger charge is 1.99. The van der Waals surface area contributed by atoms with Gasteiger partial charge in [0, 0.05) is 12.2 Å². The van der Waals surface area contributed by atoms with Crippen LogP contribution in [0.3, 0.4) is 0 Å². The highest BCUT2D eigenvalue weighted by Crippen LogP contribution is 2.15. The monoisotopic (exact) mass is 278 g/mol. The van der Waals surface area contributed by atoms with Gasteiger partial charge in [-0.3, -0.25) is 0 Å². The Hall–Kier alpha value is -2.62. The molecule has 0 unspecified atom stereocenters. The van der Waals surface area contributed by atoms with Crippen LogP contribution in [0, 0.1) is 0 Å². The minimum Gasteiger partial charge on any atom is -0.381 e. The number of aromatic nitrogens is 3. The lowest BCUT2D eigenvalue weighted by atomic mass is 10.1.